The molecule has 2 atom stereocenters. The molecule has 1 rings (SSSR count). The highest BCUT2D eigenvalue weighted by Gasteiger charge is 2.28. The van der Waals surface area contributed by atoms with Crippen molar-refractivity contribution in [2.45, 2.75) is 77.9 Å². The molecule has 1 aromatic rings. The van der Waals surface area contributed by atoms with Gasteiger partial charge in [0.15, 0.2) is 0 Å². The summed E-state index contributed by atoms with van der Waals surface area (Å²) in [5, 5.41) is 21.1. The van der Waals surface area contributed by atoms with Crippen LogP contribution in [0, 0.1) is 0 Å². The first-order valence-corrected chi connectivity index (χ1v) is 7.71. The summed E-state index contributed by atoms with van der Waals surface area (Å²) >= 11 is 0. The zero-order valence-electron chi connectivity index (χ0n) is 14.5. The van der Waals surface area contributed by atoms with Gasteiger partial charge in [-0.2, -0.15) is 0 Å². The fourth-order valence-electron chi connectivity index (χ4n) is 2.44. The number of phenolic OH excluding ortho intramolecular Hbond substituents is 1. The first-order valence-electron chi connectivity index (χ1n) is 7.71. The van der Waals surface area contributed by atoms with Crippen molar-refractivity contribution in [3.63, 3.8) is 0 Å². The zero-order valence-corrected chi connectivity index (χ0v) is 14.5. The van der Waals surface area contributed by atoms with Gasteiger partial charge < -0.3 is 15.9 Å². The lowest BCUT2D eigenvalue weighted by Crippen LogP contribution is -2.28. The van der Waals surface area contributed by atoms with E-state index in [2.05, 4.69) is 41.5 Å². The molecular weight excluding hydrogens is 262 g/mol. The van der Waals surface area contributed by atoms with E-state index < -0.39 is 6.10 Å². The third kappa shape index (κ3) is 3.98. The van der Waals surface area contributed by atoms with Gasteiger partial charge in [-0.15, -0.1) is 0 Å². The van der Waals surface area contributed by atoms with Crippen molar-refractivity contribution in [1.29, 1.82) is 0 Å². The molecule has 120 valence electrons. The first kappa shape index (κ1) is 18.0. The minimum Gasteiger partial charge on any atom is -0.507 e. The molecule has 0 spiro atoms. The number of benzene rings is 1. The molecule has 3 nitrogen and oxygen atoms in total. The Bertz CT molecular complexity index is 460. The van der Waals surface area contributed by atoms with E-state index in [1.165, 1.54) is 0 Å². The van der Waals surface area contributed by atoms with E-state index in [-0.39, 0.29) is 16.9 Å². The fraction of sp³-hybridized carbons (Fsp3) is 0.667. The second kappa shape index (κ2) is 5.98. The van der Waals surface area contributed by atoms with Crippen LogP contribution in [0.5, 0.6) is 5.75 Å². The van der Waals surface area contributed by atoms with Gasteiger partial charge in [-0.25, -0.2) is 0 Å². The van der Waals surface area contributed by atoms with Gasteiger partial charge in [-0.3, -0.25) is 0 Å². The molecule has 0 bridgehead atoms. The van der Waals surface area contributed by atoms with Crippen molar-refractivity contribution in [3.05, 3.63) is 28.8 Å². The summed E-state index contributed by atoms with van der Waals surface area (Å²) in [6.07, 6.45) is -0.00427. The van der Waals surface area contributed by atoms with Gasteiger partial charge >= 0.3 is 0 Å². The summed E-state index contributed by atoms with van der Waals surface area (Å²) < 4.78 is 0. The maximum atomic E-state index is 10.6. The number of aliphatic hydroxyl groups is 1. The fourth-order valence-corrected chi connectivity index (χ4v) is 2.44. The average Bonchev–Trinajstić information content (AvgIpc) is 2.34. The number of hydrogen-bond donors (Lipinski definition) is 3. The van der Waals surface area contributed by atoms with Crippen molar-refractivity contribution < 1.29 is 10.2 Å². The number of hydrogen-bond acceptors (Lipinski definition) is 3. The maximum absolute atomic E-state index is 10.6. The standard InChI is InChI=1S/C18H31NO2/c1-8-14(19)15(20)11-9-12(17(2,3)4)16(21)13(10-11)18(5,6)7/h9-10,14-15,20-21H,8,19H2,1-7H3. The third-order valence-electron chi connectivity index (χ3n) is 3.97. The SMILES string of the molecule is CCC(N)C(O)c1cc(C(C)(C)C)c(O)c(C(C)(C)C)c1. The molecule has 0 amide bonds. The molecule has 0 saturated heterocycles. The van der Waals surface area contributed by atoms with Gasteiger partial charge in [-0.05, 0) is 46.1 Å². The van der Waals surface area contributed by atoms with Gasteiger partial charge in [0.05, 0.1) is 6.10 Å². The van der Waals surface area contributed by atoms with Crippen LogP contribution in [0.25, 0.3) is 0 Å². The predicted octanol–water partition coefficient (Wildman–Crippen LogP) is 3.76. The molecule has 1 aromatic carbocycles. The average molecular weight is 293 g/mol. The molecule has 0 aliphatic heterocycles. The Morgan fingerprint density at radius 3 is 1.67 bits per heavy atom. The van der Waals surface area contributed by atoms with Crippen LogP contribution in [0.4, 0.5) is 0 Å². The summed E-state index contributed by atoms with van der Waals surface area (Å²) in [5.41, 5.74) is 8.09. The maximum Gasteiger partial charge on any atom is 0.123 e. The van der Waals surface area contributed by atoms with Crippen LogP contribution in [0.1, 0.15) is 77.7 Å². The highest BCUT2D eigenvalue weighted by Crippen LogP contribution is 2.41. The molecule has 0 heterocycles. The molecule has 3 heteroatoms. The molecule has 21 heavy (non-hydrogen) atoms. The Morgan fingerprint density at radius 2 is 1.38 bits per heavy atom. The Labute approximate surface area is 129 Å². The number of nitrogens with two attached hydrogens (primary N) is 1. The number of phenols is 1. The van der Waals surface area contributed by atoms with Crippen molar-refractivity contribution in [2.24, 2.45) is 5.73 Å². The molecule has 0 saturated carbocycles. The quantitative estimate of drug-likeness (QED) is 0.795. The first-order chi connectivity index (χ1) is 9.39. The van der Waals surface area contributed by atoms with Gasteiger partial charge in [0, 0.05) is 6.04 Å². The van der Waals surface area contributed by atoms with Gasteiger partial charge in [-0.1, -0.05) is 48.5 Å². The number of aromatic hydroxyl groups is 1. The van der Waals surface area contributed by atoms with Crippen LogP contribution in [0.3, 0.4) is 0 Å². The molecule has 0 aliphatic rings. The van der Waals surface area contributed by atoms with Gasteiger partial charge in [0.1, 0.15) is 5.75 Å². The Hall–Kier alpha value is -1.06. The van der Waals surface area contributed by atoms with Crippen molar-refractivity contribution in [1.82, 2.24) is 0 Å². The lowest BCUT2D eigenvalue weighted by atomic mass is 9.77. The predicted molar refractivity (Wildman–Crippen MR) is 88.7 cm³/mol. The minimum absolute atomic E-state index is 0.198. The van der Waals surface area contributed by atoms with Crippen LogP contribution in [0.15, 0.2) is 12.1 Å². The number of aliphatic hydroxyl groups excluding tert-OH is 1. The summed E-state index contributed by atoms with van der Waals surface area (Å²) in [6.45, 7) is 14.3. The van der Waals surface area contributed by atoms with E-state index in [4.69, 9.17) is 5.73 Å². The van der Waals surface area contributed by atoms with Gasteiger partial charge in [0.25, 0.3) is 0 Å². The van der Waals surface area contributed by atoms with Crippen LogP contribution in [-0.2, 0) is 10.8 Å². The van der Waals surface area contributed by atoms with Crippen molar-refractivity contribution >= 4 is 0 Å². The summed E-state index contributed by atoms with van der Waals surface area (Å²) in [5.74, 6) is 0.330. The topological polar surface area (TPSA) is 66.5 Å². The normalized spacial score (nSPS) is 15.9. The molecular formula is C18H31NO2. The highest BCUT2D eigenvalue weighted by molar-refractivity contribution is 5.50. The molecule has 4 N–H and O–H groups in total. The van der Waals surface area contributed by atoms with Crippen molar-refractivity contribution in [3.8, 4) is 5.75 Å². The van der Waals surface area contributed by atoms with Crippen LogP contribution in [0.2, 0.25) is 0 Å². The summed E-state index contributed by atoms with van der Waals surface area (Å²) in [7, 11) is 0. The van der Waals surface area contributed by atoms with Crippen LogP contribution < -0.4 is 5.73 Å². The smallest absolute Gasteiger partial charge is 0.123 e. The zero-order chi connectivity index (χ0) is 16.6. The van der Waals surface area contributed by atoms with E-state index >= 15 is 0 Å². The minimum atomic E-state index is -0.710. The molecule has 0 aliphatic carbocycles. The Morgan fingerprint density at radius 1 is 1.00 bits per heavy atom. The molecule has 0 radical (unpaired) electrons. The van der Waals surface area contributed by atoms with E-state index in [9.17, 15) is 10.2 Å². The van der Waals surface area contributed by atoms with Crippen LogP contribution in [-0.4, -0.2) is 16.3 Å². The van der Waals surface area contributed by atoms with Gasteiger partial charge in [0.2, 0.25) is 0 Å². The second-order valence-corrected chi connectivity index (χ2v) is 7.98. The molecule has 0 aromatic heterocycles. The monoisotopic (exact) mass is 293 g/mol. The lowest BCUT2D eigenvalue weighted by molar-refractivity contribution is 0.144. The Balaban J connectivity index is 3.55. The third-order valence-corrected chi connectivity index (χ3v) is 3.97. The summed E-state index contributed by atoms with van der Waals surface area (Å²) in [6, 6.07) is 3.49. The molecule has 2 unspecified atom stereocenters. The Kier molecular flexibility index (Phi) is 5.12. The largest absolute Gasteiger partial charge is 0.507 e. The summed E-state index contributed by atoms with van der Waals surface area (Å²) in [4.78, 5) is 0. The van der Waals surface area contributed by atoms with Crippen LogP contribution >= 0.6 is 0 Å². The van der Waals surface area contributed by atoms with E-state index in [1.807, 2.05) is 19.1 Å². The van der Waals surface area contributed by atoms with Crippen molar-refractivity contribution in [2.75, 3.05) is 0 Å². The lowest BCUT2D eigenvalue weighted by Gasteiger charge is -2.30. The highest BCUT2D eigenvalue weighted by atomic mass is 16.3. The molecule has 0 fully saturated rings. The second-order valence-electron chi connectivity index (χ2n) is 7.98. The van der Waals surface area contributed by atoms with E-state index in [0.717, 1.165) is 16.7 Å². The van der Waals surface area contributed by atoms with E-state index in [0.29, 0.717) is 12.2 Å². The van der Waals surface area contributed by atoms with E-state index in [1.54, 1.807) is 0 Å². The number of rotatable bonds is 3.